The molecule has 0 heterocycles. The summed E-state index contributed by atoms with van der Waals surface area (Å²) in [5.41, 5.74) is -1.79. The van der Waals surface area contributed by atoms with E-state index in [1.165, 1.54) is 12.1 Å². The van der Waals surface area contributed by atoms with Crippen molar-refractivity contribution in [2.45, 2.75) is 41.4 Å². The summed E-state index contributed by atoms with van der Waals surface area (Å²) in [5, 5.41) is 21.3. The number of carbonyl (C=O) groups excluding carboxylic acids is 1. The minimum atomic E-state index is -4.01. The fraction of sp³-hybridized carbons (Fsp3) is 0.409. The average Bonchev–Trinajstić information content (AvgIpc) is 3.05. The SMILES string of the molecule is O=C(Nc1cc(F)c(F)c(F)c1)c1ccc(Cl)c(S(=O)(=O)[C@H]2C3CCC2C[C@](O)(CO)C3)c1. The Morgan fingerprint density at radius 3 is 2.21 bits per heavy atom. The molecule has 2 aliphatic carbocycles. The first-order valence-corrected chi connectivity index (χ1v) is 12.2. The van der Waals surface area contributed by atoms with Gasteiger partial charge in [0.1, 0.15) is 0 Å². The normalized spacial score (nSPS) is 26.9. The molecule has 0 aromatic heterocycles. The van der Waals surface area contributed by atoms with Gasteiger partial charge in [-0.05, 0) is 55.7 Å². The summed E-state index contributed by atoms with van der Waals surface area (Å²) in [5.74, 6) is -6.26. The Kier molecular flexibility index (Phi) is 6.24. The molecule has 11 heteroatoms. The number of nitrogens with one attached hydrogen (secondary N) is 1. The molecular weight excluding hydrogens is 483 g/mol. The highest BCUT2D eigenvalue weighted by molar-refractivity contribution is 7.92. The fourth-order valence-electron chi connectivity index (χ4n) is 5.11. The molecule has 0 radical (unpaired) electrons. The molecule has 0 spiro atoms. The van der Waals surface area contributed by atoms with Crippen molar-refractivity contribution in [2.24, 2.45) is 11.8 Å². The Balaban J connectivity index is 1.63. The lowest BCUT2D eigenvalue weighted by atomic mass is 9.77. The van der Waals surface area contributed by atoms with Crippen molar-refractivity contribution >= 4 is 33.0 Å². The second-order valence-electron chi connectivity index (χ2n) is 8.75. The van der Waals surface area contributed by atoms with Gasteiger partial charge < -0.3 is 15.5 Å². The molecular formula is C22H21ClF3NO5S. The van der Waals surface area contributed by atoms with Crippen molar-refractivity contribution < 1.29 is 36.6 Å². The Labute approximate surface area is 193 Å². The zero-order valence-corrected chi connectivity index (χ0v) is 18.8. The van der Waals surface area contributed by atoms with Crippen LogP contribution in [0.5, 0.6) is 0 Å². The number of hydrogen-bond donors (Lipinski definition) is 3. The summed E-state index contributed by atoms with van der Waals surface area (Å²) in [4.78, 5) is 12.3. The standard InChI is InChI=1S/C22H21ClF3NO5S/c23-15-4-3-11(21(29)27-14-6-16(24)19(26)17(25)7-14)5-18(15)33(31,32)20-12-1-2-13(20)9-22(30,8-12)10-28/h3-7,12-13,20,28,30H,1-2,8-10H2,(H,27,29)/t12?,13?,20-,22-. The van der Waals surface area contributed by atoms with Crippen LogP contribution in [0.2, 0.25) is 5.02 Å². The topological polar surface area (TPSA) is 104 Å². The zero-order chi connectivity index (χ0) is 24.1. The van der Waals surface area contributed by atoms with Crippen LogP contribution in [0.15, 0.2) is 35.2 Å². The first kappa shape index (κ1) is 24.0. The maximum atomic E-state index is 13.5. The Hall–Kier alpha value is -2.14. The summed E-state index contributed by atoms with van der Waals surface area (Å²) in [6.45, 7) is -0.451. The second kappa shape index (κ2) is 8.57. The van der Waals surface area contributed by atoms with Crippen LogP contribution >= 0.6 is 11.6 Å². The number of aliphatic hydroxyl groups is 2. The lowest BCUT2D eigenvalue weighted by molar-refractivity contribution is -0.0597. The van der Waals surface area contributed by atoms with Gasteiger partial charge in [-0.25, -0.2) is 21.6 Å². The minimum absolute atomic E-state index is 0.0900. The van der Waals surface area contributed by atoms with Crippen molar-refractivity contribution in [1.29, 1.82) is 0 Å². The van der Waals surface area contributed by atoms with Crippen molar-refractivity contribution in [2.75, 3.05) is 11.9 Å². The molecule has 2 bridgehead atoms. The number of sulfone groups is 1. The first-order valence-electron chi connectivity index (χ1n) is 10.3. The lowest BCUT2D eigenvalue weighted by Gasteiger charge is -2.39. The number of hydrogen-bond acceptors (Lipinski definition) is 5. The van der Waals surface area contributed by atoms with Gasteiger partial charge in [0.2, 0.25) is 0 Å². The monoisotopic (exact) mass is 503 g/mol. The number of benzene rings is 2. The van der Waals surface area contributed by atoms with E-state index in [2.05, 4.69) is 5.32 Å². The Morgan fingerprint density at radius 2 is 1.67 bits per heavy atom. The van der Waals surface area contributed by atoms with Crippen LogP contribution in [0.25, 0.3) is 0 Å². The van der Waals surface area contributed by atoms with Crippen molar-refractivity contribution in [3.8, 4) is 0 Å². The van der Waals surface area contributed by atoms with Crippen LogP contribution in [-0.2, 0) is 9.84 Å². The van der Waals surface area contributed by atoms with Gasteiger partial charge in [-0.3, -0.25) is 4.79 Å². The number of carbonyl (C=O) groups is 1. The van der Waals surface area contributed by atoms with E-state index in [0.29, 0.717) is 25.0 Å². The van der Waals surface area contributed by atoms with E-state index in [1.807, 2.05) is 0 Å². The average molecular weight is 504 g/mol. The molecule has 4 rings (SSSR count). The molecule has 33 heavy (non-hydrogen) atoms. The van der Waals surface area contributed by atoms with E-state index >= 15 is 0 Å². The molecule has 6 nitrogen and oxygen atoms in total. The van der Waals surface area contributed by atoms with Crippen molar-refractivity contribution in [3.05, 3.63) is 58.4 Å². The third kappa shape index (κ3) is 4.37. The van der Waals surface area contributed by atoms with E-state index in [-0.39, 0.29) is 45.8 Å². The summed E-state index contributed by atoms with van der Waals surface area (Å²) in [6, 6.07) is 4.80. The van der Waals surface area contributed by atoms with E-state index in [4.69, 9.17) is 11.6 Å². The molecule has 2 aliphatic rings. The van der Waals surface area contributed by atoms with Gasteiger partial charge in [-0.1, -0.05) is 11.6 Å². The van der Waals surface area contributed by atoms with E-state index < -0.39 is 50.7 Å². The van der Waals surface area contributed by atoms with Crippen LogP contribution < -0.4 is 5.32 Å². The van der Waals surface area contributed by atoms with E-state index in [1.54, 1.807) is 0 Å². The van der Waals surface area contributed by atoms with Crippen molar-refractivity contribution in [1.82, 2.24) is 0 Å². The number of aliphatic hydroxyl groups excluding tert-OH is 1. The third-order valence-electron chi connectivity index (χ3n) is 6.52. The molecule has 178 valence electrons. The maximum Gasteiger partial charge on any atom is 0.255 e. The first-order chi connectivity index (χ1) is 15.4. The Morgan fingerprint density at radius 1 is 1.09 bits per heavy atom. The van der Waals surface area contributed by atoms with Crippen LogP contribution in [0.4, 0.5) is 18.9 Å². The van der Waals surface area contributed by atoms with Gasteiger partial charge in [0.15, 0.2) is 27.3 Å². The highest BCUT2D eigenvalue weighted by Crippen LogP contribution is 2.51. The molecule has 2 unspecified atom stereocenters. The maximum absolute atomic E-state index is 13.5. The highest BCUT2D eigenvalue weighted by atomic mass is 35.5. The van der Waals surface area contributed by atoms with Crippen LogP contribution in [-0.4, -0.2) is 42.0 Å². The highest BCUT2D eigenvalue weighted by Gasteiger charge is 2.54. The smallest absolute Gasteiger partial charge is 0.255 e. The quantitative estimate of drug-likeness (QED) is 0.540. The molecule has 2 aromatic rings. The van der Waals surface area contributed by atoms with Crippen LogP contribution in [0.3, 0.4) is 0 Å². The molecule has 2 saturated carbocycles. The summed E-state index contributed by atoms with van der Waals surface area (Å²) >= 11 is 6.18. The molecule has 2 aromatic carbocycles. The number of anilines is 1. The van der Waals surface area contributed by atoms with E-state index in [0.717, 1.165) is 6.07 Å². The number of rotatable bonds is 5. The van der Waals surface area contributed by atoms with Gasteiger partial charge in [0, 0.05) is 23.4 Å². The van der Waals surface area contributed by atoms with Gasteiger partial charge in [-0.2, -0.15) is 0 Å². The Bertz CT molecular complexity index is 1190. The summed E-state index contributed by atoms with van der Waals surface area (Å²) < 4.78 is 67.1. The largest absolute Gasteiger partial charge is 0.393 e. The summed E-state index contributed by atoms with van der Waals surface area (Å²) in [7, 11) is -4.01. The molecule has 0 aliphatic heterocycles. The predicted octanol–water partition coefficient (Wildman–Crippen LogP) is 3.70. The van der Waals surface area contributed by atoms with Crippen molar-refractivity contribution in [3.63, 3.8) is 0 Å². The fourth-order valence-corrected chi connectivity index (χ4v) is 7.96. The molecule has 2 atom stereocenters. The third-order valence-corrected chi connectivity index (χ3v) is 9.39. The molecule has 0 saturated heterocycles. The van der Waals surface area contributed by atoms with Gasteiger partial charge >= 0.3 is 0 Å². The predicted molar refractivity (Wildman–Crippen MR) is 114 cm³/mol. The molecule has 1 amide bonds. The number of fused-ring (bicyclic) bond motifs is 2. The molecule has 3 N–H and O–H groups in total. The van der Waals surface area contributed by atoms with Gasteiger partial charge in [-0.15, -0.1) is 0 Å². The minimum Gasteiger partial charge on any atom is -0.393 e. The second-order valence-corrected chi connectivity index (χ2v) is 11.2. The summed E-state index contributed by atoms with van der Waals surface area (Å²) in [6.07, 6.45) is 1.44. The van der Waals surface area contributed by atoms with Crippen LogP contribution in [0, 0.1) is 29.3 Å². The number of halogens is 4. The molecule has 2 fully saturated rings. The van der Waals surface area contributed by atoms with Crippen LogP contribution in [0.1, 0.15) is 36.0 Å². The zero-order valence-electron chi connectivity index (χ0n) is 17.2. The lowest BCUT2D eigenvalue weighted by Crippen LogP contribution is -2.48. The van der Waals surface area contributed by atoms with Gasteiger partial charge in [0.25, 0.3) is 5.91 Å². The van der Waals surface area contributed by atoms with Gasteiger partial charge in [0.05, 0.1) is 27.4 Å². The van der Waals surface area contributed by atoms with E-state index in [9.17, 15) is 36.6 Å². The number of amides is 1.